The smallest absolute Gasteiger partial charge is 0.333 e. The molecule has 0 aliphatic carbocycles. The summed E-state index contributed by atoms with van der Waals surface area (Å²) >= 11 is 0. The number of benzene rings is 6. The number of carbonyl (C=O) groups is 2. The Labute approximate surface area is 331 Å². The highest BCUT2D eigenvalue weighted by atomic mass is 16.5. The van der Waals surface area contributed by atoms with Gasteiger partial charge in [-0.15, -0.1) is 0 Å². The molecule has 0 bridgehead atoms. The van der Waals surface area contributed by atoms with Crippen molar-refractivity contribution in [1.82, 2.24) is 0 Å². The molecule has 0 amide bonds. The van der Waals surface area contributed by atoms with E-state index in [9.17, 15) is 9.59 Å². The van der Waals surface area contributed by atoms with Crippen molar-refractivity contribution < 1.29 is 19.1 Å². The first kappa shape index (κ1) is 39.0. The molecule has 6 heteroatoms. The molecule has 2 unspecified atom stereocenters. The first-order chi connectivity index (χ1) is 27.2. The fraction of sp³-hybridized carbons (Fsp3) is 0.160. The Kier molecular flexibility index (Phi) is 12.6. The van der Waals surface area contributed by atoms with E-state index in [0.29, 0.717) is 24.0 Å². The van der Waals surface area contributed by atoms with Crippen molar-refractivity contribution in [3.8, 4) is 11.1 Å². The zero-order chi connectivity index (χ0) is 39.6. The molecule has 2 atom stereocenters. The van der Waals surface area contributed by atoms with Crippen LogP contribution in [0.15, 0.2) is 182 Å². The lowest BCUT2D eigenvalue weighted by Gasteiger charge is -2.27. The van der Waals surface area contributed by atoms with Crippen molar-refractivity contribution in [2.75, 3.05) is 9.80 Å². The van der Waals surface area contributed by atoms with Crippen LogP contribution in [0.3, 0.4) is 0 Å². The third kappa shape index (κ3) is 9.16. The summed E-state index contributed by atoms with van der Waals surface area (Å²) in [5.74, 6) is -0.803. The van der Waals surface area contributed by atoms with E-state index in [-0.39, 0.29) is 12.2 Å². The molecule has 0 aliphatic rings. The van der Waals surface area contributed by atoms with Gasteiger partial charge in [0.05, 0.1) is 0 Å². The van der Waals surface area contributed by atoms with Crippen molar-refractivity contribution in [1.29, 1.82) is 0 Å². The lowest BCUT2D eigenvalue weighted by molar-refractivity contribution is -0.145. The van der Waals surface area contributed by atoms with Crippen molar-refractivity contribution in [2.45, 2.75) is 52.7 Å². The minimum absolute atomic E-state index is 0.370. The minimum Gasteiger partial charge on any atom is -0.454 e. The highest BCUT2D eigenvalue weighted by Gasteiger charge is 2.20. The molecule has 56 heavy (non-hydrogen) atoms. The molecule has 0 spiro atoms. The number of para-hydroxylation sites is 2. The van der Waals surface area contributed by atoms with E-state index in [1.54, 1.807) is 13.8 Å². The van der Waals surface area contributed by atoms with E-state index in [0.717, 1.165) is 56.4 Å². The van der Waals surface area contributed by atoms with E-state index >= 15 is 0 Å². The third-order valence-corrected chi connectivity index (χ3v) is 9.60. The molecule has 0 aromatic heterocycles. The summed E-state index contributed by atoms with van der Waals surface area (Å²) in [6.45, 7) is 14.8. The molecule has 0 saturated carbocycles. The average molecular weight is 741 g/mol. The molecule has 0 fully saturated rings. The van der Waals surface area contributed by atoms with Crippen LogP contribution in [0.2, 0.25) is 0 Å². The predicted molar refractivity (Wildman–Crippen MR) is 229 cm³/mol. The fourth-order valence-electron chi connectivity index (χ4n) is 6.56. The highest BCUT2D eigenvalue weighted by Crippen LogP contribution is 2.39. The van der Waals surface area contributed by atoms with Crippen LogP contribution < -0.4 is 9.80 Å². The lowest BCUT2D eigenvalue weighted by atomic mass is 10.0. The highest BCUT2D eigenvalue weighted by molar-refractivity contribution is 5.88. The number of nitrogens with zero attached hydrogens (tertiary/aromatic N) is 2. The Morgan fingerprint density at radius 3 is 0.982 bits per heavy atom. The third-order valence-electron chi connectivity index (χ3n) is 9.60. The van der Waals surface area contributed by atoms with Gasteiger partial charge in [0.1, 0.15) is 12.2 Å². The van der Waals surface area contributed by atoms with E-state index in [4.69, 9.17) is 9.47 Å². The van der Waals surface area contributed by atoms with E-state index in [1.165, 1.54) is 0 Å². The Bertz CT molecular complexity index is 2130. The van der Waals surface area contributed by atoms with E-state index in [2.05, 4.69) is 120 Å². The molecule has 6 nitrogen and oxygen atoms in total. The Hall–Kier alpha value is -6.66. The number of esters is 2. The monoisotopic (exact) mass is 740 g/mol. The number of anilines is 6. The minimum atomic E-state index is -0.401. The molecular formula is C50H48N2O4. The zero-order valence-corrected chi connectivity index (χ0v) is 32.5. The summed E-state index contributed by atoms with van der Waals surface area (Å²) in [5, 5.41) is 0. The van der Waals surface area contributed by atoms with Gasteiger partial charge in [-0.25, -0.2) is 9.59 Å². The van der Waals surface area contributed by atoms with Gasteiger partial charge in [0, 0.05) is 45.3 Å². The second-order valence-corrected chi connectivity index (χ2v) is 13.8. The molecule has 0 saturated heterocycles. The van der Waals surface area contributed by atoms with Crippen molar-refractivity contribution in [3.05, 3.63) is 193 Å². The summed E-state index contributed by atoms with van der Waals surface area (Å²) in [4.78, 5) is 29.1. The SMILES string of the molecule is C=C(C)C(=O)OC(CC)c1ccc(N(c2ccc(-c3ccc(N(c4ccccc4)c4ccccc4)cc3)cc2)c2ccc(C(CC)OC(=O)C(=C)C)cc2)cc1. The number of ether oxygens (including phenoxy) is 2. The van der Waals surface area contributed by atoms with Crippen LogP contribution in [-0.4, -0.2) is 11.9 Å². The maximum atomic E-state index is 12.4. The van der Waals surface area contributed by atoms with Gasteiger partial charge in [0.15, 0.2) is 0 Å². The van der Waals surface area contributed by atoms with Gasteiger partial charge < -0.3 is 19.3 Å². The van der Waals surface area contributed by atoms with Crippen molar-refractivity contribution >= 4 is 46.1 Å². The second-order valence-electron chi connectivity index (χ2n) is 13.8. The first-order valence-electron chi connectivity index (χ1n) is 19.0. The van der Waals surface area contributed by atoms with Gasteiger partial charge in [0.2, 0.25) is 0 Å². The van der Waals surface area contributed by atoms with Crippen LogP contribution >= 0.6 is 0 Å². The van der Waals surface area contributed by atoms with Gasteiger partial charge in [-0.2, -0.15) is 0 Å². The summed E-state index contributed by atoms with van der Waals surface area (Å²) in [7, 11) is 0. The van der Waals surface area contributed by atoms with Gasteiger partial charge >= 0.3 is 11.9 Å². The van der Waals surface area contributed by atoms with E-state index in [1.807, 2.05) is 74.5 Å². The molecule has 6 rings (SSSR count). The Balaban J connectivity index is 1.31. The maximum absolute atomic E-state index is 12.4. The van der Waals surface area contributed by atoms with Crippen LogP contribution in [0.5, 0.6) is 0 Å². The number of rotatable bonds is 15. The summed E-state index contributed by atoms with van der Waals surface area (Å²) in [6.07, 6.45) is 0.507. The quantitative estimate of drug-likeness (QED) is 0.0772. The molecule has 0 heterocycles. The van der Waals surface area contributed by atoms with Crippen LogP contribution in [-0.2, 0) is 19.1 Å². The Morgan fingerprint density at radius 2 is 0.714 bits per heavy atom. The summed E-state index contributed by atoms with van der Waals surface area (Å²) < 4.78 is 11.5. The second kappa shape index (κ2) is 18.1. The summed E-state index contributed by atoms with van der Waals surface area (Å²) in [5.41, 5.74) is 10.8. The van der Waals surface area contributed by atoms with Gasteiger partial charge in [-0.1, -0.05) is 112 Å². The molecule has 6 aromatic rings. The van der Waals surface area contributed by atoms with E-state index < -0.39 is 11.9 Å². The Morgan fingerprint density at radius 1 is 0.446 bits per heavy atom. The number of carbonyl (C=O) groups excluding carboxylic acids is 2. The molecule has 0 N–H and O–H groups in total. The van der Waals surface area contributed by atoms with Crippen LogP contribution in [0, 0.1) is 0 Å². The molecular weight excluding hydrogens is 693 g/mol. The lowest BCUT2D eigenvalue weighted by Crippen LogP contribution is -2.13. The van der Waals surface area contributed by atoms with Crippen LogP contribution in [0.4, 0.5) is 34.1 Å². The number of hydrogen-bond donors (Lipinski definition) is 0. The molecule has 282 valence electrons. The van der Waals surface area contributed by atoms with Crippen molar-refractivity contribution in [3.63, 3.8) is 0 Å². The maximum Gasteiger partial charge on any atom is 0.333 e. The molecule has 0 radical (unpaired) electrons. The normalized spacial score (nSPS) is 11.9. The van der Waals surface area contributed by atoms with Gasteiger partial charge in [0.25, 0.3) is 0 Å². The van der Waals surface area contributed by atoms with Crippen LogP contribution in [0.25, 0.3) is 11.1 Å². The standard InChI is InChI=1S/C50H48N2O4/c1-7-47(55-49(53)35(3)4)39-23-31-45(32-24-39)52(46-33-25-40(26-34-46)48(8-2)56-50(54)36(5)6)44-29-21-38(22-30-44)37-19-27-43(28-20-37)51(41-15-11-9-12-16-41)42-17-13-10-14-18-42/h9-34,47-48H,3,5,7-8H2,1-2,4,6H3. The first-order valence-corrected chi connectivity index (χ1v) is 19.0. The number of hydrogen-bond acceptors (Lipinski definition) is 6. The molecule has 0 aliphatic heterocycles. The zero-order valence-electron chi connectivity index (χ0n) is 32.5. The van der Waals surface area contributed by atoms with Gasteiger partial charge in [-0.3, -0.25) is 0 Å². The van der Waals surface area contributed by atoms with Crippen molar-refractivity contribution in [2.24, 2.45) is 0 Å². The predicted octanol–water partition coefficient (Wildman–Crippen LogP) is 13.4. The molecule has 6 aromatic carbocycles. The largest absolute Gasteiger partial charge is 0.454 e. The van der Waals surface area contributed by atoms with Gasteiger partial charge in [-0.05, 0) is 122 Å². The fourth-order valence-corrected chi connectivity index (χ4v) is 6.56. The summed E-state index contributed by atoms with van der Waals surface area (Å²) in [6, 6.07) is 54.1. The average Bonchev–Trinajstić information content (AvgIpc) is 3.24. The topological polar surface area (TPSA) is 59.1 Å². The van der Waals surface area contributed by atoms with Crippen LogP contribution in [0.1, 0.15) is 63.9 Å².